The number of anilines is 2. The van der Waals surface area contributed by atoms with Crippen LogP contribution in [0.15, 0.2) is 30.7 Å². The quantitative estimate of drug-likeness (QED) is 0.455. The predicted molar refractivity (Wildman–Crippen MR) is 130 cm³/mol. The van der Waals surface area contributed by atoms with E-state index in [0.29, 0.717) is 40.0 Å². The van der Waals surface area contributed by atoms with Crippen molar-refractivity contribution in [2.24, 2.45) is 7.05 Å². The second kappa shape index (κ2) is 9.02. The minimum atomic E-state index is -0.659. The lowest BCUT2D eigenvalue weighted by atomic mass is 10.0. The molecule has 3 aromatic heterocycles. The number of imidazole rings is 1. The Kier molecular flexibility index (Phi) is 5.91. The van der Waals surface area contributed by atoms with Gasteiger partial charge in [-0.25, -0.2) is 14.4 Å². The summed E-state index contributed by atoms with van der Waals surface area (Å²) in [6.07, 6.45) is 7.39. The van der Waals surface area contributed by atoms with Crippen molar-refractivity contribution in [3.8, 4) is 0 Å². The van der Waals surface area contributed by atoms with Gasteiger partial charge in [0.25, 0.3) is 5.91 Å². The number of nitrogens with one attached hydrogen (secondary N) is 2. The second-order valence-electron chi connectivity index (χ2n) is 8.78. The van der Waals surface area contributed by atoms with Gasteiger partial charge in [-0.1, -0.05) is 6.92 Å². The summed E-state index contributed by atoms with van der Waals surface area (Å²) < 4.78 is 16.5. The summed E-state index contributed by atoms with van der Waals surface area (Å²) in [5, 5.41) is 12.0. The van der Waals surface area contributed by atoms with Crippen molar-refractivity contribution in [2.75, 3.05) is 29.9 Å². The number of hydrogen-bond donors (Lipinski definition) is 2. The Morgan fingerprint density at radius 3 is 2.71 bits per heavy atom. The van der Waals surface area contributed by atoms with Crippen LogP contribution >= 0.6 is 0 Å². The molecule has 1 amide bonds. The maximum Gasteiger partial charge on any atom is 0.259 e. The number of hydrogen-bond acceptors (Lipinski definition) is 6. The lowest BCUT2D eigenvalue weighted by Crippen LogP contribution is -2.42. The van der Waals surface area contributed by atoms with Crippen LogP contribution in [0.1, 0.15) is 41.5 Å². The summed E-state index contributed by atoms with van der Waals surface area (Å²) in [6, 6.07) is 4.40. The number of halogens is 1. The summed E-state index contributed by atoms with van der Waals surface area (Å²) in [5.41, 5.74) is 3.74. The van der Waals surface area contributed by atoms with Crippen LogP contribution in [0.5, 0.6) is 0 Å². The number of nitrogens with zero attached hydrogens (tertiary/aromatic N) is 6. The van der Waals surface area contributed by atoms with Crippen LogP contribution < -0.4 is 15.5 Å². The summed E-state index contributed by atoms with van der Waals surface area (Å²) in [6.45, 7) is 6.16. The zero-order chi connectivity index (χ0) is 23.8. The van der Waals surface area contributed by atoms with E-state index < -0.39 is 6.67 Å². The maximum absolute atomic E-state index is 13.2. The molecular formula is C24H29FN8O. The first-order chi connectivity index (χ1) is 16.5. The molecule has 2 N–H and O–H groups in total. The molecule has 4 heterocycles. The SMILES string of the molecule is CCNC1CCN(c2ccc(C(=O)Nc3cn4cc(CF)nc(C)c4n3)c3nn(C)cc23)CC1. The molecule has 0 saturated carbocycles. The highest BCUT2D eigenvalue weighted by molar-refractivity contribution is 6.13. The number of aryl methyl sites for hydroxylation is 2. The lowest BCUT2D eigenvalue weighted by Gasteiger charge is -2.34. The number of alkyl halides is 1. The van der Waals surface area contributed by atoms with Gasteiger partial charge < -0.3 is 19.9 Å². The Bertz CT molecular complexity index is 1350. The zero-order valence-corrected chi connectivity index (χ0v) is 19.7. The van der Waals surface area contributed by atoms with Crippen molar-refractivity contribution in [3.05, 3.63) is 47.7 Å². The van der Waals surface area contributed by atoms with Gasteiger partial charge in [0.2, 0.25) is 0 Å². The number of benzene rings is 1. The molecule has 0 radical (unpaired) electrons. The molecule has 1 aliphatic rings. The summed E-state index contributed by atoms with van der Waals surface area (Å²) in [5.74, 6) is 0.0883. The number of amides is 1. The third-order valence-corrected chi connectivity index (χ3v) is 6.37. The van der Waals surface area contributed by atoms with E-state index in [4.69, 9.17) is 0 Å². The molecule has 34 heavy (non-hydrogen) atoms. The standard InChI is InChI=1S/C24H29FN8O/c1-4-26-16-7-9-32(10-8-16)20-6-5-18(22-19(20)13-31(3)30-22)24(34)29-21-14-33-12-17(11-25)27-15(2)23(33)28-21/h5-6,12-14,16,26H,4,7-11H2,1-3H3,(H,29,34). The molecule has 0 aliphatic carbocycles. The molecule has 1 saturated heterocycles. The van der Waals surface area contributed by atoms with Gasteiger partial charge in [0.1, 0.15) is 12.2 Å². The molecule has 178 valence electrons. The van der Waals surface area contributed by atoms with Gasteiger partial charge in [-0.15, -0.1) is 0 Å². The molecule has 9 nitrogen and oxygen atoms in total. The van der Waals surface area contributed by atoms with E-state index in [0.717, 1.165) is 43.5 Å². The third-order valence-electron chi connectivity index (χ3n) is 6.37. The van der Waals surface area contributed by atoms with Crippen molar-refractivity contribution in [1.82, 2.24) is 29.5 Å². The monoisotopic (exact) mass is 464 g/mol. The highest BCUT2D eigenvalue weighted by atomic mass is 19.1. The van der Waals surface area contributed by atoms with Crippen LogP contribution in [0.2, 0.25) is 0 Å². The Balaban J connectivity index is 1.42. The van der Waals surface area contributed by atoms with Gasteiger partial charge in [-0.05, 0) is 38.4 Å². The number of fused-ring (bicyclic) bond motifs is 2. The van der Waals surface area contributed by atoms with Crippen LogP contribution in [0.4, 0.5) is 15.9 Å². The smallest absolute Gasteiger partial charge is 0.259 e. The Morgan fingerprint density at radius 2 is 1.97 bits per heavy atom. The molecule has 0 atom stereocenters. The normalized spacial score (nSPS) is 14.9. The molecule has 5 rings (SSSR count). The van der Waals surface area contributed by atoms with E-state index in [2.05, 4.69) is 37.5 Å². The molecule has 0 spiro atoms. The van der Waals surface area contributed by atoms with E-state index >= 15 is 0 Å². The molecule has 1 aromatic carbocycles. The van der Waals surface area contributed by atoms with E-state index in [9.17, 15) is 9.18 Å². The Labute approximate surface area is 197 Å². The van der Waals surface area contributed by atoms with Crippen LogP contribution in [-0.2, 0) is 13.7 Å². The Hall–Kier alpha value is -3.53. The number of carbonyl (C=O) groups excluding carboxylic acids is 1. The van der Waals surface area contributed by atoms with Crippen molar-refractivity contribution in [1.29, 1.82) is 0 Å². The first kappa shape index (κ1) is 22.3. The predicted octanol–water partition coefficient (Wildman–Crippen LogP) is 3.22. The zero-order valence-electron chi connectivity index (χ0n) is 19.7. The maximum atomic E-state index is 13.2. The van der Waals surface area contributed by atoms with Crippen LogP contribution in [0.25, 0.3) is 16.6 Å². The van der Waals surface area contributed by atoms with Crippen LogP contribution in [0.3, 0.4) is 0 Å². The van der Waals surface area contributed by atoms with E-state index in [1.807, 2.05) is 25.4 Å². The summed E-state index contributed by atoms with van der Waals surface area (Å²) in [7, 11) is 1.86. The minimum Gasteiger partial charge on any atom is -0.371 e. The average Bonchev–Trinajstić information content (AvgIpc) is 3.42. The van der Waals surface area contributed by atoms with E-state index in [-0.39, 0.29) is 5.91 Å². The van der Waals surface area contributed by atoms with Crippen molar-refractivity contribution in [2.45, 2.75) is 39.4 Å². The van der Waals surface area contributed by atoms with Gasteiger partial charge in [0.05, 0.1) is 23.1 Å². The highest BCUT2D eigenvalue weighted by Crippen LogP contribution is 2.31. The second-order valence-corrected chi connectivity index (χ2v) is 8.78. The molecule has 1 aliphatic heterocycles. The third kappa shape index (κ3) is 4.09. The fourth-order valence-electron chi connectivity index (χ4n) is 4.80. The van der Waals surface area contributed by atoms with Crippen molar-refractivity contribution < 1.29 is 9.18 Å². The van der Waals surface area contributed by atoms with Crippen molar-refractivity contribution >= 4 is 34.0 Å². The van der Waals surface area contributed by atoms with Crippen molar-refractivity contribution in [3.63, 3.8) is 0 Å². The summed E-state index contributed by atoms with van der Waals surface area (Å²) in [4.78, 5) is 24.2. The largest absolute Gasteiger partial charge is 0.371 e. The molecular weight excluding hydrogens is 435 g/mol. The fourth-order valence-corrected chi connectivity index (χ4v) is 4.80. The minimum absolute atomic E-state index is 0.291. The first-order valence-electron chi connectivity index (χ1n) is 11.6. The molecule has 0 bridgehead atoms. The molecule has 1 fully saturated rings. The fraction of sp³-hybridized carbons (Fsp3) is 0.417. The van der Waals surface area contributed by atoms with Gasteiger partial charge in [-0.3, -0.25) is 9.48 Å². The number of rotatable bonds is 6. The summed E-state index contributed by atoms with van der Waals surface area (Å²) >= 11 is 0. The van der Waals surface area contributed by atoms with Crippen LogP contribution in [-0.4, -0.2) is 55.7 Å². The Morgan fingerprint density at radius 1 is 1.18 bits per heavy atom. The first-order valence-corrected chi connectivity index (χ1v) is 11.6. The topological polar surface area (TPSA) is 92.4 Å². The number of aromatic nitrogens is 5. The van der Waals surface area contributed by atoms with E-state index in [1.165, 1.54) is 0 Å². The number of carbonyl (C=O) groups is 1. The van der Waals surface area contributed by atoms with Gasteiger partial charge >= 0.3 is 0 Å². The molecule has 0 unspecified atom stereocenters. The van der Waals surface area contributed by atoms with Gasteiger partial charge in [0, 0.05) is 49.6 Å². The highest BCUT2D eigenvalue weighted by Gasteiger charge is 2.23. The average molecular weight is 465 g/mol. The molecule has 4 aromatic rings. The lowest BCUT2D eigenvalue weighted by molar-refractivity contribution is 0.102. The number of piperidine rings is 1. The van der Waals surface area contributed by atoms with Gasteiger partial charge in [0.15, 0.2) is 11.5 Å². The molecule has 10 heteroatoms. The van der Waals surface area contributed by atoms with Gasteiger partial charge in [-0.2, -0.15) is 5.10 Å². The van der Waals surface area contributed by atoms with Crippen LogP contribution in [0, 0.1) is 6.92 Å². The van der Waals surface area contributed by atoms with E-state index in [1.54, 1.807) is 28.4 Å².